The van der Waals surface area contributed by atoms with Crippen molar-refractivity contribution in [3.63, 3.8) is 0 Å². The van der Waals surface area contributed by atoms with Crippen LogP contribution in [0.3, 0.4) is 0 Å². The molecule has 0 saturated carbocycles. The van der Waals surface area contributed by atoms with E-state index in [4.69, 9.17) is 0 Å². The number of nitrogens with one attached hydrogen (secondary N) is 1. The maximum Gasteiger partial charge on any atom is 0.141 e. The van der Waals surface area contributed by atoms with Gasteiger partial charge in [0.15, 0.2) is 0 Å². The van der Waals surface area contributed by atoms with Gasteiger partial charge < -0.3 is 5.32 Å². The molecule has 0 amide bonds. The average Bonchev–Trinajstić information content (AvgIpc) is 2.36. The van der Waals surface area contributed by atoms with Gasteiger partial charge in [0.1, 0.15) is 5.82 Å². The lowest BCUT2D eigenvalue weighted by atomic mass is 9.99. The number of pyridine rings is 1. The summed E-state index contributed by atoms with van der Waals surface area (Å²) < 4.78 is 13.2. The van der Waals surface area contributed by atoms with E-state index in [-0.39, 0.29) is 11.9 Å². The molecule has 1 unspecified atom stereocenters. The zero-order chi connectivity index (χ0) is 13.0. The van der Waals surface area contributed by atoms with E-state index >= 15 is 0 Å². The maximum absolute atomic E-state index is 13.2. The van der Waals surface area contributed by atoms with Crippen LogP contribution in [0.2, 0.25) is 0 Å². The van der Waals surface area contributed by atoms with Crippen molar-refractivity contribution >= 4 is 0 Å². The fourth-order valence-electron chi connectivity index (χ4n) is 2.08. The first-order valence-corrected chi connectivity index (χ1v) is 6.02. The van der Waals surface area contributed by atoms with Crippen LogP contribution in [0, 0.1) is 12.7 Å². The zero-order valence-electron chi connectivity index (χ0n) is 10.7. The van der Waals surface area contributed by atoms with Crippen LogP contribution >= 0.6 is 0 Å². The fraction of sp³-hybridized carbons (Fsp3) is 0.267. The van der Waals surface area contributed by atoms with Gasteiger partial charge in [-0.1, -0.05) is 29.8 Å². The largest absolute Gasteiger partial charge is 0.313 e. The smallest absolute Gasteiger partial charge is 0.141 e. The summed E-state index contributed by atoms with van der Waals surface area (Å²) >= 11 is 0. The number of aryl methyl sites for hydroxylation is 1. The highest BCUT2D eigenvalue weighted by Gasteiger charge is 2.11. The van der Waals surface area contributed by atoms with Crippen molar-refractivity contribution in [3.8, 4) is 0 Å². The molecule has 1 aromatic carbocycles. The molecule has 3 heteroatoms. The van der Waals surface area contributed by atoms with Gasteiger partial charge in [-0.3, -0.25) is 4.98 Å². The first-order chi connectivity index (χ1) is 8.69. The standard InChI is InChI=1S/C15H17FN2/c1-11-4-3-5-12(6-11)7-15(17-2)13-8-14(16)10-18-9-13/h3-6,8-10,15,17H,7H2,1-2H3. The van der Waals surface area contributed by atoms with Crippen molar-refractivity contribution in [1.82, 2.24) is 10.3 Å². The first-order valence-electron chi connectivity index (χ1n) is 6.02. The molecule has 2 aromatic rings. The number of aromatic nitrogens is 1. The Hall–Kier alpha value is -1.74. The monoisotopic (exact) mass is 244 g/mol. The summed E-state index contributed by atoms with van der Waals surface area (Å²) in [6.45, 7) is 2.07. The van der Waals surface area contributed by atoms with Crippen molar-refractivity contribution in [2.24, 2.45) is 0 Å². The van der Waals surface area contributed by atoms with E-state index in [0.29, 0.717) is 0 Å². The van der Waals surface area contributed by atoms with Gasteiger partial charge in [-0.25, -0.2) is 4.39 Å². The number of hydrogen-bond donors (Lipinski definition) is 1. The predicted octanol–water partition coefficient (Wildman–Crippen LogP) is 3.03. The normalized spacial score (nSPS) is 12.4. The molecule has 1 N–H and O–H groups in total. The minimum atomic E-state index is -0.294. The minimum Gasteiger partial charge on any atom is -0.313 e. The van der Waals surface area contributed by atoms with Crippen LogP contribution in [0.15, 0.2) is 42.7 Å². The van der Waals surface area contributed by atoms with Crippen LogP contribution < -0.4 is 5.32 Å². The Morgan fingerprint density at radius 2 is 2.11 bits per heavy atom. The van der Waals surface area contributed by atoms with Crippen molar-refractivity contribution in [3.05, 3.63) is 65.2 Å². The third-order valence-corrected chi connectivity index (χ3v) is 3.00. The van der Waals surface area contributed by atoms with Gasteiger partial charge in [0.25, 0.3) is 0 Å². The molecule has 1 atom stereocenters. The number of rotatable bonds is 4. The second kappa shape index (κ2) is 5.74. The molecular formula is C15H17FN2. The lowest BCUT2D eigenvalue weighted by Gasteiger charge is -2.16. The highest BCUT2D eigenvalue weighted by molar-refractivity contribution is 5.25. The number of benzene rings is 1. The molecule has 0 spiro atoms. The van der Waals surface area contributed by atoms with Gasteiger partial charge in [-0.05, 0) is 37.6 Å². The van der Waals surface area contributed by atoms with Crippen LogP contribution in [-0.2, 0) is 6.42 Å². The highest BCUT2D eigenvalue weighted by atomic mass is 19.1. The first kappa shape index (κ1) is 12.7. The number of nitrogens with zero attached hydrogens (tertiary/aromatic N) is 1. The minimum absolute atomic E-state index is 0.0787. The second-order valence-corrected chi connectivity index (χ2v) is 4.47. The van der Waals surface area contributed by atoms with Gasteiger partial charge >= 0.3 is 0 Å². The van der Waals surface area contributed by atoms with E-state index < -0.39 is 0 Å². The van der Waals surface area contributed by atoms with Crippen molar-refractivity contribution in [2.45, 2.75) is 19.4 Å². The van der Waals surface area contributed by atoms with Crippen molar-refractivity contribution in [2.75, 3.05) is 7.05 Å². The average molecular weight is 244 g/mol. The Morgan fingerprint density at radius 1 is 1.28 bits per heavy atom. The van der Waals surface area contributed by atoms with Gasteiger partial charge in [-0.2, -0.15) is 0 Å². The second-order valence-electron chi connectivity index (χ2n) is 4.47. The summed E-state index contributed by atoms with van der Waals surface area (Å²) in [5.41, 5.74) is 3.34. The molecule has 0 aliphatic carbocycles. The van der Waals surface area contributed by atoms with E-state index in [1.807, 2.05) is 13.1 Å². The third-order valence-electron chi connectivity index (χ3n) is 3.00. The van der Waals surface area contributed by atoms with E-state index in [1.165, 1.54) is 23.4 Å². The SMILES string of the molecule is CNC(Cc1cccc(C)c1)c1cncc(F)c1. The molecule has 94 valence electrons. The lowest BCUT2D eigenvalue weighted by Crippen LogP contribution is -2.19. The topological polar surface area (TPSA) is 24.9 Å². The molecule has 2 rings (SSSR count). The van der Waals surface area contributed by atoms with Crippen LogP contribution in [0.5, 0.6) is 0 Å². The van der Waals surface area contributed by atoms with Crippen LogP contribution in [0.1, 0.15) is 22.7 Å². The summed E-state index contributed by atoms with van der Waals surface area (Å²) in [6, 6.07) is 9.96. The third kappa shape index (κ3) is 3.14. The molecule has 0 saturated heterocycles. The van der Waals surface area contributed by atoms with Crippen LogP contribution in [0.4, 0.5) is 4.39 Å². The zero-order valence-corrected chi connectivity index (χ0v) is 10.7. The Morgan fingerprint density at radius 3 is 2.78 bits per heavy atom. The molecule has 0 aliphatic rings. The molecule has 0 radical (unpaired) electrons. The summed E-state index contributed by atoms with van der Waals surface area (Å²) in [7, 11) is 1.88. The molecule has 1 heterocycles. The van der Waals surface area contributed by atoms with Crippen molar-refractivity contribution in [1.29, 1.82) is 0 Å². The molecule has 18 heavy (non-hydrogen) atoms. The predicted molar refractivity (Wildman–Crippen MR) is 70.9 cm³/mol. The van der Waals surface area contributed by atoms with Gasteiger partial charge in [0, 0.05) is 12.2 Å². The molecule has 0 aliphatic heterocycles. The fourth-order valence-corrected chi connectivity index (χ4v) is 2.08. The van der Waals surface area contributed by atoms with Gasteiger partial charge in [-0.15, -0.1) is 0 Å². The summed E-state index contributed by atoms with van der Waals surface area (Å²) in [5, 5.41) is 3.21. The quantitative estimate of drug-likeness (QED) is 0.894. The van der Waals surface area contributed by atoms with E-state index in [0.717, 1.165) is 12.0 Å². The molecule has 0 fully saturated rings. The molecule has 0 bridgehead atoms. The number of halogens is 1. The molecule has 2 nitrogen and oxygen atoms in total. The number of likely N-dealkylation sites (N-methyl/N-ethyl adjacent to an activating group) is 1. The van der Waals surface area contributed by atoms with Gasteiger partial charge in [0.2, 0.25) is 0 Å². The van der Waals surface area contributed by atoms with Crippen molar-refractivity contribution < 1.29 is 4.39 Å². The summed E-state index contributed by atoms with van der Waals surface area (Å²) in [4.78, 5) is 3.90. The Bertz CT molecular complexity index is 525. The molecular weight excluding hydrogens is 227 g/mol. The van der Waals surface area contributed by atoms with E-state index in [9.17, 15) is 4.39 Å². The summed E-state index contributed by atoms with van der Waals surface area (Å²) in [6.07, 6.45) is 3.76. The van der Waals surface area contributed by atoms with E-state index in [1.54, 1.807) is 6.20 Å². The van der Waals surface area contributed by atoms with Crippen LogP contribution in [0.25, 0.3) is 0 Å². The molecule has 1 aromatic heterocycles. The summed E-state index contributed by atoms with van der Waals surface area (Å²) in [5.74, 6) is -0.294. The Balaban J connectivity index is 2.19. The number of hydrogen-bond acceptors (Lipinski definition) is 2. The lowest BCUT2D eigenvalue weighted by molar-refractivity contribution is 0.572. The van der Waals surface area contributed by atoms with Crippen LogP contribution in [-0.4, -0.2) is 12.0 Å². The van der Waals surface area contributed by atoms with Gasteiger partial charge in [0.05, 0.1) is 6.20 Å². The highest BCUT2D eigenvalue weighted by Crippen LogP contribution is 2.18. The Kier molecular flexibility index (Phi) is 4.05. The van der Waals surface area contributed by atoms with E-state index in [2.05, 4.69) is 35.4 Å². The maximum atomic E-state index is 13.2. The Labute approximate surface area is 107 Å².